The minimum Gasteiger partial charge on any atom is -0.468 e. The van der Waals surface area contributed by atoms with E-state index in [0.717, 1.165) is 17.5 Å². The molecule has 154 valence electrons. The lowest BCUT2D eigenvalue weighted by molar-refractivity contribution is -0.150. The summed E-state index contributed by atoms with van der Waals surface area (Å²) in [6.45, 7) is 2.54. The zero-order valence-electron chi connectivity index (χ0n) is 16.6. The van der Waals surface area contributed by atoms with Crippen LogP contribution in [0.4, 0.5) is 0 Å². The van der Waals surface area contributed by atoms with Gasteiger partial charge in [-0.05, 0) is 36.2 Å². The van der Waals surface area contributed by atoms with Crippen molar-refractivity contribution >= 4 is 23.3 Å². The summed E-state index contributed by atoms with van der Waals surface area (Å²) in [7, 11) is 0. The van der Waals surface area contributed by atoms with Gasteiger partial charge in [-0.15, -0.1) is 0 Å². The summed E-state index contributed by atoms with van der Waals surface area (Å²) in [4.78, 5) is 14.9. The van der Waals surface area contributed by atoms with E-state index in [0.29, 0.717) is 19.4 Å². The van der Waals surface area contributed by atoms with Crippen LogP contribution in [0.2, 0.25) is 0 Å². The molecule has 29 heavy (non-hydrogen) atoms. The molecule has 1 saturated heterocycles. The van der Waals surface area contributed by atoms with Crippen molar-refractivity contribution in [3.05, 3.63) is 71.8 Å². The third-order valence-electron chi connectivity index (χ3n) is 4.96. The lowest BCUT2D eigenvalue weighted by atomic mass is 10.0. The maximum Gasteiger partial charge on any atom is 0.266 e. The van der Waals surface area contributed by atoms with Crippen LogP contribution in [-0.2, 0) is 27.3 Å². The maximum atomic E-state index is 13.4. The van der Waals surface area contributed by atoms with Gasteiger partial charge in [0.25, 0.3) is 11.1 Å². The molecule has 0 spiro atoms. The van der Waals surface area contributed by atoms with Crippen LogP contribution in [0.3, 0.4) is 0 Å². The van der Waals surface area contributed by atoms with Crippen LogP contribution in [-0.4, -0.2) is 45.9 Å². The zero-order valence-corrected chi connectivity index (χ0v) is 17.4. The molecule has 1 amide bonds. The quantitative estimate of drug-likeness (QED) is 0.638. The Hall–Kier alpha value is -2.28. The fourth-order valence-corrected chi connectivity index (χ4v) is 3.77. The largest absolute Gasteiger partial charge is 0.468 e. The second kappa shape index (κ2) is 10.5. The number of hydrogen-bond donors (Lipinski definition) is 1. The number of benzene rings is 2. The molecular formula is C23H27NO4S. The van der Waals surface area contributed by atoms with Gasteiger partial charge in [-0.1, -0.05) is 74.0 Å². The molecule has 1 N–H and O–H groups in total. The van der Waals surface area contributed by atoms with Crippen molar-refractivity contribution in [1.82, 2.24) is 4.90 Å². The first-order valence-corrected chi connectivity index (χ1v) is 10.4. The standard InChI is InChI=1S/C23H27NO4S/c1-2-9-20(25)21(27-15-18-12-7-4-8-13-18)22(26)24-19(16-28-23(24)29)14-17-10-5-3-6-11-17/h3-8,10-13,19-21,25H,2,9,14-16H2,1H3/t19-,20+,21+/m0/s1. The molecule has 2 aromatic carbocycles. The first-order valence-electron chi connectivity index (χ1n) is 9.97. The average Bonchev–Trinajstić information content (AvgIpc) is 3.09. The Morgan fingerprint density at radius 3 is 2.41 bits per heavy atom. The number of hydrogen-bond acceptors (Lipinski definition) is 5. The van der Waals surface area contributed by atoms with Crippen LogP contribution < -0.4 is 0 Å². The molecule has 1 heterocycles. The van der Waals surface area contributed by atoms with E-state index in [4.69, 9.17) is 21.7 Å². The van der Waals surface area contributed by atoms with Gasteiger partial charge in [0.15, 0.2) is 6.10 Å². The Kier molecular flexibility index (Phi) is 7.75. The first-order chi connectivity index (χ1) is 14.1. The van der Waals surface area contributed by atoms with Crippen LogP contribution in [0.1, 0.15) is 30.9 Å². The van der Waals surface area contributed by atoms with Gasteiger partial charge >= 0.3 is 0 Å². The predicted molar refractivity (Wildman–Crippen MR) is 115 cm³/mol. The number of rotatable bonds is 9. The van der Waals surface area contributed by atoms with Gasteiger partial charge in [-0.3, -0.25) is 9.69 Å². The molecule has 0 bridgehead atoms. The number of carbonyl (C=O) groups is 1. The van der Waals surface area contributed by atoms with Gasteiger partial charge in [-0.2, -0.15) is 0 Å². The highest BCUT2D eigenvalue weighted by molar-refractivity contribution is 7.80. The second-order valence-corrected chi connectivity index (χ2v) is 7.55. The Balaban J connectivity index is 1.75. The molecule has 1 aliphatic heterocycles. The van der Waals surface area contributed by atoms with Crippen LogP contribution in [0, 0.1) is 0 Å². The van der Waals surface area contributed by atoms with Crippen molar-refractivity contribution in [2.75, 3.05) is 6.61 Å². The van der Waals surface area contributed by atoms with E-state index in [2.05, 4.69) is 0 Å². The van der Waals surface area contributed by atoms with Gasteiger partial charge < -0.3 is 14.6 Å². The summed E-state index contributed by atoms with van der Waals surface area (Å²) in [5.74, 6) is -0.342. The number of carbonyl (C=O) groups excluding carboxylic acids is 1. The van der Waals surface area contributed by atoms with Gasteiger partial charge in [0, 0.05) is 0 Å². The molecule has 5 nitrogen and oxygen atoms in total. The summed E-state index contributed by atoms with van der Waals surface area (Å²) in [6.07, 6.45) is -0.0588. The summed E-state index contributed by atoms with van der Waals surface area (Å²) >= 11 is 5.30. The van der Waals surface area contributed by atoms with Crippen molar-refractivity contribution < 1.29 is 19.4 Å². The van der Waals surface area contributed by atoms with Crippen molar-refractivity contribution in [3.8, 4) is 0 Å². The smallest absolute Gasteiger partial charge is 0.266 e. The molecule has 0 aliphatic carbocycles. The number of thiocarbonyl (C=S) groups is 1. The molecule has 0 aromatic heterocycles. The van der Waals surface area contributed by atoms with Crippen molar-refractivity contribution in [1.29, 1.82) is 0 Å². The molecule has 0 radical (unpaired) electrons. The fraction of sp³-hybridized carbons (Fsp3) is 0.391. The fourth-order valence-electron chi connectivity index (χ4n) is 3.46. The van der Waals surface area contributed by atoms with Crippen LogP contribution in [0.25, 0.3) is 0 Å². The molecule has 2 aromatic rings. The summed E-state index contributed by atoms with van der Waals surface area (Å²) < 4.78 is 11.4. The van der Waals surface area contributed by atoms with E-state index in [-0.39, 0.29) is 23.7 Å². The molecule has 3 rings (SSSR count). The van der Waals surface area contributed by atoms with Crippen molar-refractivity contribution in [2.45, 2.75) is 51.0 Å². The van der Waals surface area contributed by atoms with Gasteiger partial charge in [0.1, 0.15) is 6.61 Å². The Labute approximate surface area is 177 Å². The van der Waals surface area contributed by atoms with E-state index in [1.807, 2.05) is 67.6 Å². The number of nitrogens with zero attached hydrogens (tertiary/aromatic N) is 1. The van der Waals surface area contributed by atoms with Gasteiger partial charge in [-0.25, -0.2) is 0 Å². The lowest BCUT2D eigenvalue weighted by Gasteiger charge is -2.29. The third-order valence-corrected chi connectivity index (χ3v) is 5.28. The third kappa shape index (κ3) is 5.63. The number of aliphatic hydroxyl groups excluding tert-OH is 1. The van der Waals surface area contributed by atoms with Gasteiger partial charge in [0.2, 0.25) is 0 Å². The second-order valence-electron chi connectivity index (χ2n) is 7.20. The molecule has 0 saturated carbocycles. The van der Waals surface area contributed by atoms with E-state index in [1.165, 1.54) is 4.90 Å². The van der Waals surface area contributed by atoms with Crippen LogP contribution in [0.5, 0.6) is 0 Å². The van der Waals surface area contributed by atoms with Crippen LogP contribution >= 0.6 is 12.2 Å². The SMILES string of the molecule is CCC[C@@H](O)[C@@H](OCc1ccccc1)C(=O)N1C(=S)OC[C@@H]1Cc1ccccc1. The highest BCUT2D eigenvalue weighted by atomic mass is 32.1. The van der Waals surface area contributed by atoms with Crippen LogP contribution in [0.15, 0.2) is 60.7 Å². The van der Waals surface area contributed by atoms with E-state index >= 15 is 0 Å². The van der Waals surface area contributed by atoms with E-state index in [1.54, 1.807) is 0 Å². The monoisotopic (exact) mass is 413 g/mol. The Morgan fingerprint density at radius 1 is 1.17 bits per heavy atom. The average molecular weight is 414 g/mol. The minimum absolute atomic E-state index is 0.146. The maximum absolute atomic E-state index is 13.4. The molecule has 1 aliphatic rings. The molecule has 1 fully saturated rings. The highest BCUT2D eigenvalue weighted by Gasteiger charge is 2.41. The predicted octanol–water partition coefficient (Wildman–Crippen LogP) is 3.49. The van der Waals surface area contributed by atoms with Crippen molar-refractivity contribution in [2.24, 2.45) is 0 Å². The van der Waals surface area contributed by atoms with Gasteiger partial charge in [0.05, 0.1) is 18.8 Å². The minimum atomic E-state index is -0.993. The van der Waals surface area contributed by atoms with E-state index in [9.17, 15) is 9.90 Å². The number of ether oxygens (including phenoxy) is 2. The van der Waals surface area contributed by atoms with E-state index < -0.39 is 12.2 Å². The number of aliphatic hydroxyl groups is 1. The zero-order chi connectivity index (χ0) is 20.6. The molecular weight excluding hydrogens is 386 g/mol. The molecule has 3 atom stereocenters. The topological polar surface area (TPSA) is 59.0 Å². The lowest BCUT2D eigenvalue weighted by Crippen LogP contribution is -2.50. The van der Waals surface area contributed by atoms with Crippen molar-refractivity contribution in [3.63, 3.8) is 0 Å². The Bertz CT molecular complexity index is 799. The normalized spacial score (nSPS) is 18.3. The Morgan fingerprint density at radius 2 is 1.79 bits per heavy atom. The molecule has 0 unspecified atom stereocenters. The summed E-state index contributed by atoms with van der Waals surface area (Å²) in [6, 6.07) is 19.3. The first kappa shape index (κ1) is 21.4. The summed E-state index contributed by atoms with van der Waals surface area (Å²) in [5, 5.41) is 10.8. The highest BCUT2D eigenvalue weighted by Crippen LogP contribution is 2.22. The molecule has 6 heteroatoms. The summed E-state index contributed by atoms with van der Waals surface area (Å²) in [5.41, 5.74) is 2.04. The number of amides is 1.